The number of hydrogen-bond acceptors (Lipinski definition) is 5. The van der Waals surface area contributed by atoms with Crippen LogP contribution in [0.4, 0.5) is 11.4 Å². The zero-order valence-electron chi connectivity index (χ0n) is 29.4. The third kappa shape index (κ3) is 6.34. The molecule has 2 aliphatic rings. The van der Waals surface area contributed by atoms with Gasteiger partial charge in [0.05, 0.1) is 16.9 Å². The maximum atomic E-state index is 11.8. The lowest BCUT2D eigenvalue weighted by Crippen LogP contribution is -2.28. The molecule has 4 aromatic rings. The van der Waals surface area contributed by atoms with Gasteiger partial charge in [-0.15, -0.1) is 0 Å². The van der Waals surface area contributed by atoms with Crippen molar-refractivity contribution < 1.29 is 27.1 Å². The molecule has 6 rings (SSSR count). The Balaban J connectivity index is 1.27. The van der Waals surface area contributed by atoms with Gasteiger partial charge in [-0.2, -0.15) is 13.0 Å². The van der Waals surface area contributed by atoms with E-state index in [1.54, 1.807) is 6.07 Å². The van der Waals surface area contributed by atoms with Gasteiger partial charge in [0.1, 0.15) is 6.54 Å². The molecule has 0 fully saturated rings. The Bertz CT molecular complexity index is 2240. The molecule has 0 atom stereocenters. The number of unbranched alkanes of at least 4 members (excludes halogenated alkanes) is 1. The van der Waals surface area contributed by atoms with Crippen molar-refractivity contribution in [1.29, 1.82) is 0 Å². The van der Waals surface area contributed by atoms with Crippen LogP contribution in [0.15, 0.2) is 120 Å². The molecule has 4 aromatic carbocycles. The number of anilines is 1. The second-order valence-corrected chi connectivity index (χ2v) is 15.3. The predicted octanol–water partition coefficient (Wildman–Crippen LogP) is 8.94. The van der Waals surface area contributed by atoms with Gasteiger partial charge in [0.15, 0.2) is 5.71 Å². The molecule has 0 saturated carbocycles. The topological polar surface area (TPSA) is 86.9 Å². The lowest BCUT2D eigenvalue weighted by atomic mass is 9.79. The van der Waals surface area contributed by atoms with E-state index in [9.17, 15) is 17.8 Å². The number of fused-ring (bicyclic) bond motifs is 6. The molecular weight excluding hydrogens is 645 g/mol. The number of ether oxygens (including phenoxy) is 1. The predicted molar refractivity (Wildman–Crippen MR) is 203 cm³/mol. The summed E-state index contributed by atoms with van der Waals surface area (Å²) >= 11 is 0. The Morgan fingerprint density at radius 1 is 0.820 bits per heavy atom. The second-order valence-electron chi connectivity index (χ2n) is 13.9. The fraction of sp³-hybridized carbons (Fsp3) is 0.286. The molecule has 50 heavy (non-hydrogen) atoms. The van der Waals surface area contributed by atoms with Crippen LogP contribution in [0.5, 0.6) is 0 Å². The molecule has 0 saturated heterocycles. The number of carbonyl (C=O) groups excluding carboxylic acids is 1. The number of carbonyl (C=O) groups is 1. The van der Waals surface area contributed by atoms with Crippen LogP contribution in [-0.2, 0) is 30.5 Å². The molecule has 7 nitrogen and oxygen atoms in total. The Hall–Kier alpha value is -4.79. The Labute approximate surface area is 295 Å². The first-order valence-corrected chi connectivity index (χ1v) is 18.6. The quantitative estimate of drug-likeness (QED) is 0.0526. The molecule has 2 aliphatic heterocycles. The summed E-state index contributed by atoms with van der Waals surface area (Å²) in [5.41, 5.74) is 6.67. The minimum atomic E-state index is -4.32. The van der Waals surface area contributed by atoms with Gasteiger partial charge >= 0.3 is 0 Å². The molecule has 0 aliphatic carbocycles. The molecule has 8 heteroatoms. The fourth-order valence-corrected chi connectivity index (χ4v) is 8.35. The summed E-state index contributed by atoms with van der Waals surface area (Å²) in [5, 5.41) is 4.26. The Morgan fingerprint density at radius 2 is 1.54 bits per heavy atom. The number of allylic oxidation sites excluding steroid dienone is 8. The smallest absolute Gasteiger partial charge is 0.294 e. The van der Waals surface area contributed by atoms with Crippen molar-refractivity contribution >= 4 is 55.2 Å². The van der Waals surface area contributed by atoms with E-state index in [1.165, 1.54) is 39.9 Å². The number of likely N-dealkylation sites (N-methyl/N-ethyl adjacent to an activating group) is 1. The minimum Gasteiger partial charge on any atom is -0.468 e. The highest BCUT2D eigenvalue weighted by Gasteiger charge is 2.45. The van der Waals surface area contributed by atoms with Gasteiger partial charge in [0.2, 0.25) is 5.69 Å². The zero-order valence-corrected chi connectivity index (χ0v) is 30.2. The number of rotatable bonds is 12. The number of nitrogens with zero attached hydrogens (tertiary/aromatic N) is 2. The van der Waals surface area contributed by atoms with E-state index in [0.29, 0.717) is 13.1 Å². The summed E-state index contributed by atoms with van der Waals surface area (Å²) in [6, 6.07) is 21.8. The molecule has 0 unspecified atom stereocenters. The first-order valence-electron chi connectivity index (χ1n) is 17.2. The normalized spacial score (nSPS) is 17.6. The van der Waals surface area contributed by atoms with Crippen molar-refractivity contribution in [2.75, 3.05) is 24.6 Å². The van der Waals surface area contributed by atoms with E-state index >= 15 is 0 Å². The third-order valence-electron chi connectivity index (χ3n) is 10.1. The molecule has 2 heterocycles. The molecule has 1 N–H and O–H groups in total. The lowest BCUT2D eigenvalue weighted by molar-refractivity contribution is -0.438. The van der Waals surface area contributed by atoms with Gasteiger partial charge in [-0.3, -0.25) is 9.35 Å². The van der Waals surface area contributed by atoms with E-state index in [2.05, 4.69) is 111 Å². The largest absolute Gasteiger partial charge is 0.468 e. The summed E-state index contributed by atoms with van der Waals surface area (Å²) in [7, 11) is -4.32. The van der Waals surface area contributed by atoms with Crippen molar-refractivity contribution in [1.82, 2.24) is 0 Å². The average molecular weight is 690 g/mol. The Morgan fingerprint density at radius 3 is 2.30 bits per heavy atom. The van der Waals surface area contributed by atoms with Gasteiger partial charge in [0, 0.05) is 47.5 Å². The molecule has 0 bridgehead atoms. The van der Waals surface area contributed by atoms with E-state index in [0.717, 1.165) is 53.7 Å². The highest BCUT2D eigenvalue weighted by molar-refractivity contribution is 7.85. The van der Waals surface area contributed by atoms with Crippen molar-refractivity contribution in [3.8, 4) is 0 Å². The fourth-order valence-electron chi connectivity index (χ4n) is 7.84. The lowest BCUT2D eigenvalue weighted by Gasteiger charge is -2.26. The van der Waals surface area contributed by atoms with Gasteiger partial charge in [-0.1, -0.05) is 80.6 Å². The zero-order chi connectivity index (χ0) is 35.7. The van der Waals surface area contributed by atoms with Crippen LogP contribution in [0, 0.1) is 0 Å². The first kappa shape index (κ1) is 35.1. The van der Waals surface area contributed by atoms with Crippen LogP contribution in [-0.4, -0.2) is 49.4 Å². The van der Waals surface area contributed by atoms with Crippen LogP contribution in [0.25, 0.3) is 21.5 Å². The van der Waals surface area contributed by atoms with E-state index < -0.39 is 15.5 Å². The van der Waals surface area contributed by atoms with E-state index in [-0.39, 0.29) is 10.3 Å². The van der Waals surface area contributed by atoms with Crippen molar-refractivity contribution in [2.24, 2.45) is 0 Å². The van der Waals surface area contributed by atoms with Crippen LogP contribution in [0.3, 0.4) is 0 Å². The molecular formula is C42H45N2O5S+. The molecule has 258 valence electrons. The van der Waals surface area contributed by atoms with Gasteiger partial charge in [-0.05, 0) is 84.6 Å². The van der Waals surface area contributed by atoms with Crippen LogP contribution >= 0.6 is 0 Å². The number of hydrogen-bond donors (Lipinski definition) is 1. The van der Waals surface area contributed by atoms with Gasteiger partial charge in [-0.25, -0.2) is 0 Å². The highest BCUT2D eigenvalue weighted by Crippen LogP contribution is 2.50. The van der Waals surface area contributed by atoms with E-state index in [1.807, 2.05) is 24.3 Å². The van der Waals surface area contributed by atoms with Crippen LogP contribution in [0.1, 0.15) is 58.6 Å². The highest BCUT2D eigenvalue weighted by atomic mass is 32.2. The second kappa shape index (κ2) is 13.8. The molecule has 0 spiro atoms. The van der Waals surface area contributed by atoms with Gasteiger partial charge < -0.3 is 9.64 Å². The minimum absolute atomic E-state index is 0.123. The van der Waals surface area contributed by atoms with Gasteiger partial charge in [0.25, 0.3) is 16.6 Å². The standard InChI is InChI=1S/C42H44N2O5S/c1-6-43-35-24-20-30-16-12-13-17-33(30)39(35)41(2,3)37(43)18-10-8-7-9-11-19-38-42(4,5)40-34-23-22-32(50(46,47)48)28-31(34)21-25-36(40)44(38)26-14-15-27-49-29-45/h7-13,16-25,28-29H,6,14-15,26-27H2,1-5H3/p+1. The molecule has 0 radical (unpaired) electrons. The average Bonchev–Trinajstić information content (AvgIpc) is 3.45. The summed E-state index contributed by atoms with van der Waals surface area (Å²) in [6.45, 7) is 13.6. The number of benzene rings is 4. The third-order valence-corrected chi connectivity index (χ3v) is 10.9. The molecule has 0 aromatic heterocycles. The Kier molecular flexibility index (Phi) is 9.71. The summed E-state index contributed by atoms with van der Waals surface area (Å²) < 4.78 is 40.6. The molecule has 0 amide bonds. The van der Waals surface area contributed by atoms with E-state index in [4.69, 9.17) is 4.74 Å². The van der Waals surface area contributed by atoms with Crippen LogP contribution in [0.2, 0.25) is 0 Å². The van der Waals surface area contributed by atoms with Crippen molar-refractivity contribution in [3.63, 3.8) is 0 Å². The maximum Gasteiger partial charge on any atom is 0.294 e. The summed E-state index contributed by atoms with van der Waals surface area (Å²) in [5.74, 6) is 0. The van der Waals surface area contributed by atoms with Crippen molar-refractivity contribution in [3.05, 3.63) is 126 Å². The first-order chi connectivity index (χ1) is 23.9. The summed E-state index contributed by atoms with van der Waals surface area (Å²) in [6.07, 6.45) is 16.2. The van der Waals surface area contributed by atoms with Crippen molar-refractivity contribution in [2.45, 2.75) is 63.2 Å². The SMILES string of the molecule is CCN1C(=CC=CC=CC=CC2=[N+](CCCCOC=O)c3ccc4cc(S(=O)(=O)O)ccc4c3C2(C)C)C(C)(C)c2c1ccc1ccccc21. The monoisotopic (exact) mass is 689 g/mol. The van der Waals surface area contributed by atoms with Crippen LogP contribution < -0.4 is 4.90 Å². The maximum absolute atomic E-state index is 11.8. The summed E-state index contributed by atoms with van der Waals surface area (Å²) in [4.78, 5) is 12.9.